The van der Waals surface area contributed by atoms with Crippen LogP contribution in [-0.2, 0) is 16.2 Å². The largest absolute Gasteiger partial charge is 0.489 e. The summed E-state index contributed by atoms with van der Waals surface area (Å²) in [4.78, 5) is 18.9. The summed E-state index contributed by atoms with van der Waals surface area (Å²) in [7, 11) is 0. The van der Waals surface area contributed by atoms with Crippen molar-refractivity contribution >= 4 is 11.6 Å². The lowest BCUT2D eigenvalue weighted by molar-refractivity contribution is -0.131. The number of aromatic nitrogens is 4. The fraction of sp³-hybridized carbons (Fsp3) is 0.462. The minimum absolute atomic E-state index is 0.0231. The first-order valence-corrected chi connectivity index (χ1v) is 12.0. The van der Waals surface area contributed by atoms with Crippen LogP contribution in [0.2, 0.25) is 0 Å². The van der Waals surface area contributed by atoms with E-state index in [4.69, 9.17) is 9.57 Å². The predicted molar refractivity (Wildman–Crippen MR) is 130 cm³/mol. The summed E-state index contributed by atoms with van der Waals surface area (Å²) in [5, 5.41) is 15.4. The molecule has 0 spiro atoms. The summed E-state index contributed by atoms with van der Waals surface area (Å²) in [5.41, 5.74) is 2.57. The second-order valence-electron chi connectivity index (χ2n) is 9.41. The van der Waals surface area contributed by atoms with Gasteiger partial charge in [-0.15, -0.1) is 10.2 Å². The van der Waals surface area contributed by atoms with Gasteiger partial charge in [0.2, 0.25) is 11.7 Å². The van der Waals surface area contributed by atoms with Crippen molar-refractivity contribution < 1.29 is 14.4 Å². The molecule has 1 fully saturated rings. The van der Waals surface area contributed by atoms with Gasteiger partial charge in [-0.25, -0.2) is 0 Å². The smallest absolute Gasteiger partial charge is 0.247 e. The zero-order valence-corrected chi connectivity index (χ0v) is 20.3. The number of nitrogens with one attached hydrogen (secondary N) is 1. The van der Waals surface area contributed by atoms with E-state index in [1.165, 1.54) is 18.4 Å². The van der Waals surface area contributed by atoms with Crippen LogP contribution in [0.15, 0.2) is 48.5 Å². The van der Waals surface area contributed by atoms with Crippen LogP contribution in [0, 0.1) is 17.8 Å². The van der Waals surface area contributed by atoms with E-state index in [2.05, 4.69) is 41.4 Å². The van der Waals surface area contributed by atoms with Crippen molar-refractivity contribution in [1.82, 2.24) is 20.6 Å². The zero-order valence-electron chi connectivity index (χ0n) is 20.3. The Morgan fingerprint density at radius 1 is 1.18 bits per heavy atom. The minimum Gasteiger partial charge on any atom is -0.489 e. The lowest BCUT2D eigenvalue weighted by Crippen LogP contribution is -2.43. The monoisotopic (exact) mass is 463 g/mol. The number of ether oxygens (including phenoxy) is 1. The van der Waals surface area contributed by atoms with Crippen LogP contribution in [0.5, 0.6) is 5.75 Å². The molecule has 3 unspecified atom stereocenters. The van der Waals surface area contributed by atoms with Gasteiger partial charge in [-0.1, -0.05) is 63.9 Å². The van der Waals surface area contributed by atoms with Gasteiger partial charge in [0.1, 0.15) is 12.4 Å². The maximum atomic E-state index is 12.5. The number of H-pyrrole nitrogens is 1. The Kier molecular flexibility index (Phi) is 7.57. The van der Waals surface area contributed by atoms with Crippen molar-refractivity contribution in [2.24, 2.45) is 17.8 Å². The molecule has 1 N–H and O–H groups in total. The molecule has 2 aromatic carbocycles. The molecule has 0 saturated heterocycles. The molecule has 180 valence electrons. The van der Waals surface area contributed by atoms with Crippen molar-refractivity contribution in [2.45, 2.75) is 59.7 Å². The SMILES string of the molecule is CC(=O)N(OC1CCCC(C)C1C(C)C)c1cccc(OCc2ccc(-c3nn[nH]n3)cc2)c1. The van der Waals surface area contributed by atoms with E-state index in [0.29, 0.717) is 41.6 Å². The van der Waals surface area contributed by atoms with Crippen LogP contribution in [0.1, 0.15) is 52.5 Å². The average molecular weight is 464 g/mol. The molecule has 1 saturated carbocycles. The zero-order chi connectivity index (χ0) is 24.1. The molecule has 1 amide bonds. The predicted octanol–water partition coefficient (Wildman–Crippen LogP) is 5.19. The fourth-order valence-corrected chi connectivity index (χ4v) is 4.95. The number of anilines is 1. The van der Waals surface area contributed by atoms with Crippen LogP contribution < -0.4 is 9.80 Å². The molecule has 1 aliphatic carbocycles. The van der Waals surface area contributed by atoms with Gasteiger partial charge in [-0.2, -0.15) is 10.3 Å². The van der Waals surface area contributed by atoms with Crippen LogP contribution >= 0.6 is 0 Å². The quantitative estimate of drug-likeness (QED) is 0.462. The highest BCUT2D eigenvalue weighted by atomic mass is 16.7. The van der Waals surface area contributed by atoms with Crippen molar-refractivity contribution in [3.05, 3.63) is 54.1 Å². The Labute approximate surface area is 200 Å². The maximum Gasteiger partial charge on any atom is 0.247 e. The number of benzene rings is 2. The molecule has 4 rings (SSSR count). The number of amides is 1. The highest BCUT2D eigenvalue weighted by Crippen LogP contribution is 2.38. The van der Waals surface area contributed by atoms with Crippen LogP contribution in [0.4, 0.5) is 5.69 Å². The number of tetrazole rings is 1. The molecular formula is C26H33N5O3. The van der Waals surface area contributed by atoms with E-state index in [-0.39, 0.29) is 12.0 Å². The molecule has 8 nitrogen and oxygen atoms in total. The number of hydrogen-bond acceptors (Lipinski definition) is 6. The first-order valence-electron chi connectivity index (χ1n) is 12.0. The number of carbonyl (C=O) groups excluding carboxylic acids is 1. The van der Waals surface area contributed by atoms with Crippen molar-refractivity contribution in [3.63, 3.8) is 0 Å². The molecule has 1 aliphatic rings. The molecule has 1 aromatic heterocycles. The number of carbonyl (C=O) groups is 1. The van der Waals surface area contributed by atoms with E-state index in [0.717, 1.165) is 24.0 Å². The van der Waals surface area contributed by atoms with Crippen molar-refractivity contribution in [2.75, 3.05) is 5.06 Å². The maximum absolute atomic E-state index is 12.5. The lowest BCUT2D eigenvalue weighted by Gasteiger charge is -2.40. The van der Waals surface area contributed by atoms with Crippen molar-refractivity contribution in [1.29, 1.82) is 0 Å². The molecule has 34 heavy (non-hydrogen) atoms. The third-order valence-electron chi connectivity index (χ3n) is 6.55. The summed E-state index contributed by atoms with van der Waals surface area (Å²) in [6.45, 7) is 8.71. The minimum atomic E-state index is -0.144. The Morgan fingerprint density at radius 3 is 2.65 bits per heavy atom. The molecule has 8 heteroatoms. The molecule has 3 atom stereocenters. The van der Waals surface area contributed by atoms with Crippen LogP contribution in [0.3, 0.4) is 0 Å². The number of aromatic amines is 1. The average Bonchev–Trinajstić information content (AvgIpc) is 3.36. The Hall–Kier alpha value is -3.26. The van der Waals surface area contributed by atoms with E-state index < -0.39 is 0 Å². The molecule has 0 radical (unpaired) electrons. The van der Waals surface area contributed by atoms with Gasteiger partial charge in [0.15, 0.2) is 0 Å². The Morgan fingerprint density at radius 2 is 1.97 bits per heavy atom. The van der Waals surface area contributed by atoms with E-state index >= 15 is 0 Å². The van der Waals surface area contributed by atoms with Crippen LogP contribution in [-0.4, -0.2) is 32.6 Å². The molecule has 0 bridgehead atoms. The normalized spacial score (nSPS) is 20.3. The number of rotatable bonds is 8. The first-order chi connectivity index (χ1) is 16.4. The third-order valence-corrected chi connectivity index (χ3v) is 6.55. The van der Waals surface area contributed by atoms with Gasteiger partial charge in [0, 0.05) is 18.6 Å². The number of hydroxylamine groups is 1. The van der Waals surface area contributed by atoms with Gasteiger partial charge in [-0.3, -0.25) is 9.63 Å². The Bertz CT molecular complexity index is 1070. The fourth-order valence-electron chi connectivity index (χ4n) is 4.95. The summed E-state index contributed by atoms with van der Waals surface area (Å²) in [5.74, 6) is 2.58. The number of hydrogen-bond donors (Lipinski definition) is 1. The second kappa shape index (κ2) is 10.8. The lowest BCUT2D eigenvalue weighted by atomic mass is 9.72. The van der Waals surface area contributed by atoms with Gasteiger partial charge in [-0.05, 0) is 47.1 Å². The van der Waals surface area contributed by atoms with Crippen molar-refractivity contribution in [3.8, 4) is 17.1 Å². The van der Waals surface area contributed by atoms with Gasteiger partial charge >= 0.3 is 0 Å². The summed E-state index contributed by atoms with van der Waals surface area (Å²) < 4.78 is 6.02. The van der Waals surface area contributed by atoms with Gasteiger partial charge in [0.25, 0.3) is 0 Å². The van der Waals surface area contributed by atoms with Gasteiger partial charge in [0.05, 0.1) is 11.8 Å². The highest BCUT2D eigenvalue weighted by Gasteiger charge is 2.36. The number of nitrogens with zero attached hydrogens (tertiary/aromatic N) is 4. The van der Waals surface area contributed by atoms with E-state index in [1.54, 1.807) is 0 Å². The van der Waals surface area contributed by atoms with E-state index in [1.807, 2.05) is 48.5 Å². The van der Waals surface area contributed by atoms with Gasteiger partial charge < -0.3 is 4.74 Å². The highest BCUT2D eigenvalue weighted by molar-refractivity contribution is 5.89. The van der Waals surface area contributed by atoms with Crippen LogP contribution in [0.25, 0.3) is 11.4 Å². The topological polar surface area (TPSA) is 93.2 Å². The standard InChI is InChI=1S/C26H33N5O3/c1-17(2)25-18(3)7-5-10-24(25)34-31(19(4)32)22-8-6-9-23(15-22)33-16-20-11-13-21(14-12-20)26-27-29-30-28-26/h6,8-9,11-15,17-18,24-25H,5,7,10,16H2,1-4H3,(H,27,28,29,30). The third kappa shape index (κ3) is 5.62. The molecule has 3 aromatic rings. The summed E-state index contributed by atoms with van der Waals surface area (Å²) in [6, 6.07) is 15.3. The van der Waals surface area contributed by atoms with E-state index in [9.17, 15) is 4.79 Å². The molecule has 0 aliphatic heterocycles. The summed E-state index contributed by atoms with van der Waals surface area (Å²) >= 11 is 0. The first kappa shape index (κ1) is 23.9. The molecule has 1 heterocycles. The Balaban J connectivity index is 1.44. The second-order valence-corrected chi connectivity index (χ2v) is 9.41. The molecular weight excluding hydrogens is 430 g/mol. The summed E-state index contributed by atoms with van der Waals surface area (Å²) in [6.07, 6.45) is 3.32.